The van der Waals surface area contributed by atoms with Gasteiger partial charge in [0.05, 0.1) is 12.5 Å². The van der Waals surface area contributed by atoms with Crippen molar-refractivity contribution in [2.45, 2.75) is 5.41 Å². The third-order valence-electron chi connectivity index (χ3n) is 11.8. The van der Waals surface area contributed by atoms with Crippen LogP contribution < -0.4 is 9.64 Å². The van der Waals surface area contributed by atoms with Crippen molar-refractivity contribution in [3.63, 3.8) is 0 Å². The number of ether oxygens (including phenoxy) is 1. The number of hydrogen-bond acceptors (Lipinski definition) is 3. The predicted octanol–water partition coefficient (Wildman–Crippen LogP) is 14.2. The van der Waals surface area contributed by atoms with Crippen molar-refractivity contribution >= 4 is 49.8 Å². The zero-order valence-corrected chi connectivity index (χ0v) is 31.4. The Morgan fingerprint density at radius 1 is 0.439 bits per heavy atom. The third kappa shape index (κ3) is 5.13. The molecule has 57 heavy (non-hydrogen) atoms. The van der Waals surface area contributed by atoms with Gasteiger partial charge in [0.2, 0.25) is 0 Å². The molecule has 11 rings (SSSR count). The van der Waals surface area contributed by atoms with Crippen molar-refractivity contribution in [2.75, 3.05) is 12.0 Å². The minimum Gasteiger partial charge on any atom is -0.497 e. The second-order valence-corrected chi connectivity index (χ2v) is 14.8. The largest absolute Gasteiger partial charge is 0.497 e. The van der Waals surface area contributed by atoms with Crippen LogP contribution in [0.15, 0.2) is 211 Å². The summed E-state index contributed by atoms with van der Waals surface area (Å²) in [5.74, 6) is 0.820. The fourth-order valence-electron chi connectivity index (χ4n) is 9.28. The number of furan rings is 1. The summed E-state index contributed by atoms with van der Waals surface area (Å²) in [4.78, 5) is 2.35. The standard InChI is InChI=1S/C54H37NO2/c1-56-44-29-26-42(27-30-44)55(41-24-20-36(21-25-41)38-23-32-51-48(34-38)53-45-17-9-8-12-37(45)22-33-52(53)57-51)43-28-31-47-46-18-10-11-19-49(46)54(50(47)35-43,39-13-4-2-5-14-39)40-15-6-3-7-16-40/h2-35H,1H3. The molecule has 0 amide bonds. The molecule has 0 spiro atoms. The van der Waals surface area contributed by atoms with Gasteiger partial charge in [0.15, 0.2) is 0 Å². The van der Waals surface area contributed by atoms with Crippen LogP contribution in [0.4, 0.5) is 17.1 Å². The molecule has 1 aliphatic carbocycles. The van der Waals surface area contributed by atoms with Crippen LogP contribution in [0.1, 0.15) is 22.3 Å². The first-order chi connectivity index (χ1) is 28.2. The lowest BCUT2D eigenvalue weighted by Gasteiger charge is -2.35. The van der Waals surface area contributed by atoms with Crippen LogP contribution in [0.5, 0.6) is 5.75 Å². The summed E-state index contributed by atoms with van der Waals surface area (Å²) in [5.41, 5.74) is 14.3. The van der Waals surface area contributed by atoms with E-state index >= 15 is 0 Å². The number of hydrogen-bond donors (Lipinski definition) is 0. The molecule has 0 saturated carbocycles. The van der Waals surface area contributed by atoms with Gasteiger partial charge in [-0.05, 0) is 122 Å². The molecule has 0 unspecified atom stereocenters. The van der Waals surface area contributed by atoms with Crippen LogP contribution in [-0.4, -0.2) is 7.11 Å². The molecule has 10 aromatic rings. The summed E-state index contributed by atoms with van der Waals surface area (Å²) >= 11 is 0. The quantitative estimate of drug-likeness (QED) is 0.163. The van der Waals surface area contributed by atoms with E-state index in [0.717, 1.165) is 55.9 Å². The van der Waals surface area contributed by atoms with Crippen molar-refractivity contribution in [3.8, 4) is 28.0 Å². The average Bonchev–Trinajstić information content (AvgIpc) is 3.81. The Morgan fingerprint density at radius 3 is 1.77 bits per heavy atom. The Morgan fingerprint density at radius 2 is 1.04 bits per heavy atom. The fraction of sp³-hybridized carbons (Fsp3) is 0.0370. The molecule has 1 aliphatic rings. The number of methoxy groups -OCH3 is 1. The monoisotopic (exact) mass is 731 g/mol. The van der Waals surface area contributed by atoms with E-state index in [-0.39, 0.29) is 0 Å². The van der Waals surface area contributed by atoms with Crippen LogP contribution in [0.25, 0.3) is 55.0 Å². The van der Waals surface area contributed by atoms with E-state index in [1.165, 1.54) is 44.2 Å². The summed E-state index contributed by atoms with van der Waals surface area (Å²) in [5, 5.41) is 4.70. The van der Waals surface area contributed by atoms with Crippen molar-refractivity contribution < 1.29 is 9.15 Å². The minimum atomic E-state index is -0.499. The van der Waals surface area contributed by atoms with Gasteiger partial charge < -0.3 is 14.1 Å². The van der Waals surface area contributed by atoms with E-state index in [4.69, 9.17) is 9.15 Å². The zero-order chi connectivity index (χ0) is 37.9. The first kappa shape index (κ1) is 33.0. The maximum atomic E-state index is 6.32. The molecular weight excluding hydrogens is 695 g/mol. The lowest BCUT2D eigenvalue weighted by molar-refractivity contribution is 0.415. The maximum absolute atomic E-state index is 6.32. The SMILES string of the molecule is COc1ccc(N(c2ccc(-c3ccc4oc5ccc6ccccc6c5c4c3)cc2)c2ccc3c(c2)C(c2ccccc2)(c2ccccc2)c2ccccc2-3)cc1. The zero-order valence-electron chi connectivity index (χ0n) is 31.4. The van der Waals surface area contributed by atoms with Crippen molar-refractivity contribution in [1.82, 2.24) is 0 Å². The highest BCUT2D eigenvalue weighted by Gasteiger charge is 2.46. The number of benzene rings is 9. The topological polar surface area (TPSA) is 25.6 Å². The number of anilines is 3. The van der Waals surface area contributed by atoms with Crippen LogP contribution in [-0.2, 0) is 5.41 Å². The highest BCUT2D eigenvalue weighted by atomic mass is 16.5. The van der Waals surface area contributed by atoms with Gasteiger partial charge in [-0.25, -0.2) is 0 Å². The summed E-state index contributed by atoms with van der Waals surface area (Å²) in [6.45, 7) is 0. The molecule has 0 saturated heterocycles. The lowest BCUT2D eigenvalue weighted by Crippen LogP contribution is -2.28. The molecule has 0 aliphatic heterocycles. The Kier molecular flexibility index (Phi) is 7.61. The first-order valence-corrected chi connectivity index (χ1v) is 19.4. The fourth-order valence-corrected chi connectivity index (χ4v) is 9.28. The van der Waals surface area contributed by atoms with Gasteiger partial charge in [-0.3, -0.25) is 0 Å². The van der Waals surface area contributed by atoms with E-state index in [0.29, 0.717) is 0 Å². The first-order valence-electron chi connectivity index (χ1n) is 19.4. The lowest BCUT2D eigenvalue weighted by atomic mass is 9.67. The maximum Gasteiger partial charge on any atom is 0.136 e. The summed E-state index contributed by atoms with van der Waals surface area (Å²) in [6.07, 6.45) is 0. The molecule has 0 fully saturated rings. The molecule has 0 bridgehead atoms. The molecule has 3 heteroatoms. The van der Waals surface area contributed by atoms with Crippen LogP contribution >= 0.6 is 0 Å². The third-order valence-corrected chi connectivity index (χ3v) is 11.8. The van der Waals surface area contributed by atoms with Crippen molar-refractivity contribution in [1.29, 1.82) is 0 Å². The highest BCUT2D eigenvalue weighted by Crippen LogP contribution is 2.57. The Balaban J connectivity index is 1.07. The molecule has 9 aromatic carbocycles. The van der Waals surface area contributed by atoms with Gasteiger partial charge in [0.1, 0.15) is 16.9 Å². The number of rotatable bonds is 7. The Hall–Kier alpha value is -7.36. The van der Waals surface area contributed by atoms with Crippen molar-refractivity contribution in [3.05, 3.63) is 229 Å². The van der Waals surface area contributed by atoms with Gasteiger partial charge in [-0.1, -0.05) is 140 Å². The van der Waals surface area contributed by atoms with Gasteiger partial charge in [0.25, 0.3) is 0 Å². The molecule has 3 nitrogen and oxygen atoms in total. The van der Waals surface area contributed by atoms with E-state index in [1.54, 1.807) is 7.11 Å². The molecule has 270 valence electrons. The molecule has 0 atom stereocenters. The molecule has 0 radical (unpaired) electrons. The number of fused-ring (bicyclic) bond motifs is 8. The summed E-state index contributed by atoms with van der Waals surface area (Å²) in [6, 6.07) is 74.4. The van der Waals surface area contributed by atoms with E-state index in [2.05, 4.69) is 199 Å². The molecule has 1 aromatic heterocycles. The van der Waals surface area contributed by atoms with E-state index < -0.39 is 5.41 Å². The van der Waals surface area contributed by atoms with Crippen LogP contribution in [0.3, 0.4) is 0 Å². The smallest absolute Gasteiger partial charge is 0.136 e. The summed E-state index contributed by atoms with van der Waals surface area (Å²) < 4.78 is 11.9. The Bertz CT molecular complexity index is 3050. The van der Waals surface area contributed by atoms with E-state index in [1.807, 2.05) is 12.1 Å². The van der Waals surface area contributed by atoms with Gasteiger partial charge in [-0.2, -0.15) is 0 Å². The summed E-state index contributed by atoms with van der Waals surface area (Å²) in [7, 11) is 1.71. The van der Waals surface area contributed by atoms with Gasteiger partial charge in [0, 0.05) is 27.8 Å². The minimum absolute atomic E-state index is 0.499. The van der Waals surface area contributed by atoms with Gasteiger partial charge >= 0.3 is 0 Å². The van der Waals surface area contributed by atoms with Crippen LogP contribution in [0.2, 0.25) is 0 Å². The van der Waals surface area contributed by atoms with Gasteiger partial charge in [-0.15, -0.1) is 0 Å². The second kappa shape index (κ2) is 13.1. The molecular formula is C54H37NO2. The Labute approximate surface area is 331 Å². The van der Waals surface area contributed by atoms with Crippen LogP contribution in [0, 0.1) is 0 Å². The van der Waals surface area contributed by atoms with E-state index in [9.17, 15) is 0 Å². The molecule has 1 heterocycles. The average molecular weight is 732 g/mol. The highest BCUT2D eigenvalue weighted by molar-refractivity contribution is 6.19. The van der Waals surface area contributed by atoms with Crippen molar-refractivity contribution in [2.24, 2.45) is 0 Å². The molecule has 0 N–H and O–H groups in total. The number of nitrogens with zero attached hydrogens (tertiary/aromatic N) is 1. The second-order valence-electron chi connectivity index (χ2n) is 14.8. The predicted molar refractivity (Wildman–Crippen MR) is 235 cm³/mol. The normalized spacial score (nSPS) is 12.8.